The Kier molecular flexibility index (Phi) is 2.86. The lowest BCUT2D eigenvalue weighted by atomic mass is 10.2. The number of carbonyl (C=O) groups is 1. The van der Waals surface area contributed by atoms with Crippen LogP contribution in [-0.4, -0.2) is 21.1 Å². The lowest BCUT2D eigenvalue weighted by Crippen LogP contribution is -2.14. The summed E-state index contributed by atoms with van der Waals surface area (Å²) in [5, 5.41) is 9.22. The van der Waals surface area contributed by atoms with E-state index < -0.39 is 5.82 Å². The Bertz CT molecular complexity index is 528. The number of nitrogens with one attached hydrogen (secondary N) is 2. The lowest BCUT2D eigenvalue weighted by Gasteiger charge is -2.03. The van der Waals surface area contributed by atoms with Gasteiger partial charge in [0.25, 0.3) is 5.91 Å². The molecule has 6 heteroatoms. The van der Waals surface area contributed by atoms with E-state index in [2.05, 4.69) is 20.5 Å². The van der Waals surface area contributed by atoms with Gasteiger partial charge in [0.05, 0.1) is 17.5 Å². The van der Waals surface area contributed by atoms with E-state index in [-0.39, 0.29) is 5.91 Å². The maximum atomic E-state index is 12.6. The van der Waals surface area contributed by atoms with Gasteiger partial charge in [-0.25, -0.2) is 9.37 Å². The summed E-state index contributed by atoms with van der Waals surface area (Å²) in [5.41, 5.74) is 1.78. The minimum Gasteiger partial charge on any atom is -0.306 e. The van der Waals surface area contributed by atoms with Crippen LogP contribution in [0.15, 0.2) is 18.3 Å². The molecule has 88 valence electrons. The number of H-pyrrole nitrogens is 1. The first-order chi connectivity index (χ1) is 8.08. The van der Waals surface area contributed by atoms with E-state index in [4.69, 9.17) is 0 Å². The molecule has 0 radical (unpaired) electrons. The van der Waals surface area contributed by atoms with Crippen molar-refractivity contribution in [1.29, 1.82) is 0 Å². The smallest absolute Gasteiger partial charge is 0.260 e. The van der Waals surface area contributed by atoms with E-state index in [1.54, 1.807) is 13.8 Å². The van der Waals surface area contributed by atoms with Crippen LogP contribution in [0.2, 0.25) is 0 Å². The summed E-state index contributed by atoms with van der Waals surface area (Å²) in [6.45, 7) is 3.49. The summed E-state index contributed by atoms with van der Waals surface area (Å²) >= 11 is 0. The number of carbonyl (C=O) groups excluding carboxylic acids is 1. The standard InChI is InChI=1S/C11H11FN4O/c1-6-10(7(2)16-15-6)11(17)14-9-4-3-8(12)5-13-9/h3-5H,1-2H3,(H,15,16)(H,13,14,17). The first-order valence-electron chi connectivity index (χ1n) is 5.02. The number of halogens is 1. The highest BCUT2D eigenvalue weighted by Gasteiger charge is 2.15. The van der Waals surface area contributed by atoms with Crippen molar-refractivity contribution >= 4 is 11.7 Å². The maximum Gasteiger partial charge on any atom is 0.260 e. The van der Waals surface area contributed by atoms with Crippen molar-refractivity contribution < 1.29 is 9.18 Å². The average molecular weight is 234 g/mol. The summed E-state index contributed by atoms with van der Waals surface area (Å²) in [4.78, 5) is 15.6. The van der Waals surface area contributed by atoms with Crippen LogP contribution in [0.1, 0.15) is 21.7 Å². The van der Waals surface area contributed by atoms with E-state index in [9.17, 15) is 9.18 Å². The molecule has 1 amide bonds. The molecule has 2 heterocycles. The summed E-state index contributed by atoms with van der Waals surface area (Å²) in [5.74, 6) is -0.456. The number of amides is 1. The highest BCUT2D eigenvalue weighted by atomic mass is 19.1. The summed E-state index contributed by atoms with van der Waals surface area (Å²) in [6.07, 6.45) is 1.05. The van der Waals surface area contributed by atoms with Crippen molar-refractivity contribution in [1.82, 2.24) is 15.2 Å². The molecular weight excluding hydrogens is 223 g/mol. The Hall–Kier alpha value is -2.24. The van der Waals surface area contributed by atoms with Crippen molar-refractivity contribution in [2.45, 2.75) is 13.8 Å². The van der Waals surface area contributed by atoms with Gasteiger partial charge in [0.2, 0.25) is 0 Å². The van der Waals surface area contributed by atoms with E-state index in [0.29, 0.717) is 22.8 Å². The van der Waals surface area contributed by atoms with Crippen molar-refractivity contribution in [2.75, 3.05) is 5.32 Å². The summed E-state index contributed by atoms with van der Waals surface area (Å²) in [7, 11) is 0. The molecule has 2 aromatic heterocycles. The SMILES string of the molecule is Cc1n[nH]c(C)c1C(=O)Nc1ccc(F)cn1. The number of aromatic nitrogens is 3. The fraction of sp³-hybridized carbons (Fsp3) is 0.182. The van der Waals surface area contributed by atoms with Gasteiger partial charge < -0.3 is 5.32 Å². The molecule has 0 aliphatic carbocycles. The van der Waals surface area contributed by atoms with Gasteiger partial charge in [-0.3, -0.25) is 9.89 Å². The number of aryl methyl sites for hydroxylation is 2. The van der Waals surface area contributed by atoms with Crippen molar-refractivity contribution in [3.05, 3.63) is 41.1 Å². The molecule has 0 atom stereocenters. The van der Waals surface area contributed by atoms with Gasteiger partial charge in [0, 0.05) is 5.69 Å². The van der Waals surface area contributed by atoms with Gasteiger partial charge in [-0.2, -0.15) is 5.10 Å². The average Bonchev–Trinajstić information content (AvgIpc) is 2.62. The van der Waals surface area contributed by atoms with Gasteiger partial charge in [-0.15, -0.1) is 0 Å². The second kappa shape index (κ2) is 4.32. The predicted octanol–water partition coefficient (Wildman–Crippen LogP) is 1.81. The number of nitrogens with zero attached hydrogens (tertiary/aromatic N) is 2. The molecule has 0 spiro atoms. The summed E-state index contributed by atoms with van der Waals surface area (Å²) in [6, 6.07) is 2.63. The Morgan fingerprint density at radius 3 is 2.71 bits per heavy atom. The van der Waals surface area contributed by atoms with Gasteiger partial charge >= 0.3 is 0 Å². The second-order valence-electron chi connectivity index (χ2n) is 3.62. The molecule has 0 aliphatic rings. The third-order valence-corrected chi connectivity index (χ3v) is 2.32. The Labute approximate surface area is 97.1 Å². The number of hydrogen-bond donors (Lipinski definition) is 2. The third-order valence-electron chi connectivity index (χ3n) is 2.32. The molecule has 0 saturated carbocycles. The Balaban J connectivity index is 2.20. The maximum absolute atomic E-state index is 12.6. The van der Waals surface area contributed by atoms with Crippen molar-refractivity contribution in [3.8, 4) is 0 Å². The molecule has 17 heavy (non-hydrogen) atoms. The van der Waals surface area contributed by atoms with E-state index >= 15 is 0 Å². The molecule has 0 unspecified atom stereocenters. The number of rotatable bonds is 2. The van der Waals surface area contributed by atoms with Gasteiger partial charge in [-0.05, 0) is 26.0 Å². The minimum absolute atomic E-state index is 0.302. The van der Waals surface area contributed by atoms with Gasteiger partial charge in [0.1, 0.15) is 11.6 Å². The van der Waals surface area contributed by atoms with Crippen LogP contribution in [0.5, 0.6) is 0 Å². The Morgan fingerprint density at radius 1 is 1.41 bits per heavy atom. The third kappa shape index (κ3) is 2.30. The highest BCUT2D eigenvalue weighted by molar-refractivity contribution is 6.05. The molecular formula is C11H11FN4O. The molecule has 0 saturated heterocycles. The first-order valence-corrected chi connectivity index (χ1v) is 5.02. The van der Waals surface area contributed by atoms with E-state index in [1.165, 1.54) is 12.1 Å². The molecule has 0 bridgehead atoms. The molecule has 0 aromatic carbocycles. The molecule has 0 aliphatic heterocycles. The number of pyridine rings is 1. The van der Waals surface area contributed by atoms with Crippen LogP contribution in [0.4, 0.5) is 10.2 Å². The van der Waals surface area contributed by atoms with Crippen LogP contribution >= 0.6 is 0 Å². The monoisotopic (exact) mass is 234 g/mol. The largest absolute Gasteiger partial charge is 0.306 e. The second-order valence-corrected chi connectivity index (χ2v) is 3.62. The molecule has 2 aromatic rings. The van der Waals surface area contributed by atoms with E-state index in [1.807, 2.05) is 0 Å². The number of anilines is 1. The topological polar surface area (TPSA) is 70.7 Å². The highest BCUT2D eigenvalue weighted by Crippen LogP contribution is 2.12. The molecule has 2 N–H and O–H groups in total. The zero-order valence-corrected chi connectivity index (χ0v) is 9.41. The zero-order chi connectivity index (χ0) is 12.4. The lowest BCUT2D eigenvalue weighted by molar-refractivity contribution is 0.102. The van der Waals surface area contributed by atoms with Crippen molar-refractivity contribution in [2.24, 2.45) is 0 Å². The molecule has 5 nitrogen and oxygen atoms in total. The van der Waals surface area contributed by atoms with Crippen LogP contribution in [0.3, 0.4) is 0 Å². The molecule has 0 fully saturated rings. The zero-order valence-electron chi connectivity index (χ0n) is 9.41. The van der Waals surface area contributed by atoms with Crippen molar-refractivity contribution in [3.63, 3.8) is 0 Å². The number of aromatic amines is 1. The Morgan fingerprint density at radius 2 is 2.18 bits per heavy atom. The fourth-order valence-corrected chi connectivity index (χ4v) is 1.51. The minimum atomic E-state index is -0.446. The fourth-order valence-electron chi connectivity index (χ4n) is 1.51. The van der Waals surface area contributed by atoms with Crippen LogP contribution in [-0.2, 0) is 0 Å². The van der Waals surface area contributed by atoms with Crippen LogP contribution in [0, 0.1) is 19.7 Å². The van der Waals surface area contributed by atoms with Gasteiger partial charge in [-0.1, -0.05) is 0 Å². The first kappa shape index (κ1) is 11.3. The predicted molar refractivity (Wildman–Crippen MR) is 60.2 cm³/mol. The molecule has 2 rings (SSSR count). The van der Waals surface area contributed by atoms with Crippen LogP contribution in [0.25, 0.3) is 0 Å². The normalized spacial score (nSPS) is 10.3. The van der Waals surface area contributed by atoms with Crippen LogP contribution < -0.4 is 5.32 Å². The van der Waals surface area contributed by atoms with Gasteiger partial charge in [0.15, 0.2) is 0 Å². The van der Waals surface area contributed by atoms with E-state index in [0.717, 1.165) is 6.20 Å². The quantitative estimate of drug-likeness (QED) is 0.832. The number of hydrogen-bond acceptors (Lipinski definition) is 3. The summed E-state index contributed by atoms with van der Waals surface area (Å²) < 4.78 is 12.6.